The molecular weight excluding hydrogens is 470 g/mol. The molecule has 1 amide bonds. The molecule has 36 heavy (non-hydrogen) atoms. The molecule has 0 atom stereocenters. The first-order chi connectivity index (χ1) is 17.4. The highest BCUT2D eigenvalue weighted by atomic mass is 32.1. The number of carbonyl (C=O) groups is 1. The zero-order chi connectivity index (χ0) is 25.2. The lowest BCUT2D eigenvalue weighted by molar-refractivity contribution is -0.120. The van der Waals surface area contributed by atoms with Gasteiger partial charge in [-0.25, -0.2) is 9.67 Å². The van der Waals surface area contributed by atoms with Gasteiger partial charge in [0.1, 0.15) is 5.69 Å². The van der Waals surface area contributed by atoms with Gasteiger partial charge in [-0.2, -0.15) is 5.10 Å². The van der Waals surface area contributed by atoms with Crippen LogP contribution in [0, 0.1) is 20.8 Å². The summed E-state index contributed by atoms with van der Waals surface area (Å²) in [4.78, 5) is 31.6. The maximum absolute atomic E-state index is 13.7. The molecule has 1 N–H and O–H groups in total. The smallest absolute Gasteiger partial charge is 0.268 e. The number of nitrogens with zero attached hydrogens (tertiary/aromatic N) is 4. The number of benzene rings is 2. The van der Waals surface area contributed by atoms with Crippen LogP contribution in [-0.2, 0) is 17.6 Å². The van der Waals surface area contributed by atoms with Gasteiger partial charge in [-0.15, -0.1) is 11.3 Å². The first-order valence-electron chi connectivity index (χ1n) is 11.8. The van der Waals surface area contributed by atoms with Crippen molar-refractivity contribution >= 4 is 22.2 Å². The summed E-state index contributed by atoms with van der Waals surface area (Å²) >= 11 is 1.36. The molecule has 0 fully saturated rings. The fraction of sp³-hybridized carbons (Fsp3) is 0.214. The molecule has 0 spiro atoms. The van der Waals surface area contributed by atoms with Crippen LogP contribution in [0.1, 0.15) is 28.2 Å². The number of aryl methyl sites for hydroxylation is 3. The second kappa shape index (κ2) is 9.91. The number of hydrogen-bond acceptors (Lipinski definition) is 5. The Morgan fingerprint density at radius 3 is 2.61 bits per heavy atom. The lowest BCUT2D eigenvalue weighted by Gasteiger charge is -2.07. The summed E-state index contributed by atoms with van der Waals surface area (Å²) in [6.07, 6.45) is 0.862. The number of fused-ring (bicyclic) bond motifs is 1. The van der Waals surface area contributed by atoms with Crippen LogP contribution < -0.4 is 10.9 Å². The third kappa shape index (κ3) is 4.72. The molecule has 8 heteroatoms. The highest BCUT2D eigenvalue weighted by molar-refractivity contribution is 7.15. The van der Waals surface area contributed by atoms with Crippen molar-refractivity contribution in [1.29, 1.82) is 0 Å². The van der Waals surface area contributed by atoms with Gasteiger partial charge in [0.15, 0.2) is 4.96 Å². The predicted octanol–water partition coefficient (Wildman–Crippen LogP) is 4.44. The van der Waals surface area contributed by atoms with E-state index < -0.39 is 0 Å². The van der Waals surface area contributed by atoms with Crippen molar-refractivity contribution < 1.29 is 4.79 Å². The Morgan fingerprint density at radius 2 is 1.83 bits per heavy atom. The highest BCUT2D eigenvalue weighted by Gasteiger charge is 2.20. The van der Waals surface area contributed by atoms with E-state index in [0.717, 1.165) is 23.4 Å². The Labute approximate surface area is 213 Å². The molecule has 2 aromatic carbocycles. The summed E-state index contributed by atoms with van der Waals surface area (Å²) < 4.78 is 3.38. The van der Waals surface area contributed by atoms with Crippen molar-refractivity contribution in [1.82, 2.24) is 24.5 Å². The van der Waals surface area contributed by atoms with E-state index in [-0.39, 0.29) is 17.9 Å². The molecule has 0 saturated carbocycles. The van der Waals surface area contributed by atoms with Crippen molar-refractivity contribution in [2.24, 2.45) is 0 Å². The van der Waals surface area contributed by atoms with Crippen LogP contribution in [0.15, 0.2) is 70.8 Å². The average molecular weight is 498 g/mol. The Morgan fingerprint density at radius 1 is 1.03 bits per heavy atom. The zero-order valence-corrected chi connectivity index (χ0v) is 21.3. The predicted molar refractivity (Wildman–Crippen MR) is 143 cm³/mol. The van der Waals surface area contributed by atoms with E-state index in [4.69, 9.17) is 5.10 Å². The van der Waals surface area contributed by atoms with Crippen LogP contribution in [0.4, 0.5) is 0 Å². The molecule has 0 aliphatic heterocycles. The second-order valence-corrected chi connectivity index (χ2v) is 9.74. The standard InChI is InChI=1S/C28H27N5O2S/c1-18-8-7-11-22(14-18)33-19(2)15-24(31-33)26-20(3)30-28-32(27(26)35)23(17-36-28)16-25(34)29-13-12-21-9-5-4-6-10-21/h4-11,14-15,17H,12-13,16H2,1-3H3,(H,29,34). The zero-order valence-electron chi connectivity index (χ0n) is 20.5. The van der Waals surface area contributed by atoms with E-state index in [0.29, 0.717) is 34.2 Å². The van der Waals surface area contributed by atoms with Crippen molar-refractivity contribution in [3.63, 3.8) is 0 Å². The molecule has 3 aromatic heterocycles. The molecule has 182 valence electrons. The van der Waals surface area contributed by atoms with E-state index in [1.807, 2.05) is 85.4 Å². The summed E-state index contributed by atoms with van der Waals surface area (Å²) in [6.45, 7) is 6.37. The molecule has 0 aliphatic rings. The lowest BCUT2D eigenvalue weighted by Crippen LogP contribution is -2.29. The fourth-order valence-electron chi connectivity index (χ4n) is 4.36. The number of aromatic nitrogens is 4. The molecule has 0 bridgehead atoms. The molecule has 0 unspecified atom stereocenters. The number of hydrogen-bond donors (Lipinski definition) is 1. The van der Waals surface area contributed by atoms with Crippen molar-refractivity contribution in [2.75, 3.05) is 6.54 Å². The minimum atomic E-state index is -0.209. The van der Waals surface area contributed by atoms with Crippen LogP contribution in [0.2, 0.25) is 0 Å². The second-order valence-electron chi connectivity index (χ2n) is 8.91. The highest BCUT2D eigenvalue weighted by Crippen LogP contribution is 2.23. The van der Waals surface area contributed by atoms with Crippen molar-refractivity contribution in [3.8, 4) is 16.9 Å². The van der Waals surface area contributed by atoms with Gasteiger partial charge in [-0.1, -0.05) is 42.5 Å². The van der Waals surface area contributed by atoms with Crippen LogP contribution in [0.5, 0.6) is 0 Å². The number of nitrogens with one attached hydrogen (secondary N) is 1. The molecular formula is C28H27N5O2S. The maximum Gasteiger partial charge on any atom is 0.268 e. The monoisotopic (exact) mass is 497 g/mol. The molecule has 7 nitrogen and oxygen atoms in total. The Hall–Kier alpha value is -4.04. The molecule has 0 aliphatic carbocycles. The van der Waals surface area contributed by atoms with Gasteiger partial charge in [0.25, 0.3) is 5.56 Å². The van der Waals surface area contributed by atoms with E-state index in [1.165, 1.54) is 16.9 Å². The van der Waals surface area contributed by atoms with Crippen LogP contribution in [0.25, 0.3) is 21.9 Å². The maximum atomic E-state index is 13.7. The van der Waals surface area contributed by atoms with Crippen LogP contribution in [0.3, 0.4) is 0 Å². The molecule has 3 heterocycles. The average Bonchev–Trinajstić information content (AvgIpc) is 3.43. The van der Waals surface area contributed by atoms with Gasteiger partial charge in [0, 0.05) is 23.3 Å². The Bertz CT molecular complexity index is 1610. The minimum absolute atomic E-state index is 0.107. The summed E-state index contributed by atoms with van der Waals surface area (Å²) in [5.74, 6) is -0.126. The number of thiazole rings is 1. The molecule has 0 radical (unpaired) electrons. The topological polar surface area (TPSA) is 81.3 Å². The summed E-state index contributed by atoms with van der Waals surface area (Å²) in [5.41, 5.74) is 6.22. The van der Waals surface area contributed by atoms with Crippen LogP contribution >= 0.6 is 11.3 Å². The van der Waals surface area contributed by atoms with Crippen molar-refractivity contribution in [2.45, 2.75) is 33.6 Å². The first-order valence-corrected chi connectivity index (χ1v) is 12.7. The normalized spacial score (nSPS) is 11.2. The van der Waals surface area contributed by atoms with E-state index in [1.54, 1.807) is 4.40 Å². The molecule has 5 rings (SSSR count). The summed E-state index contributed by atoms with van der Waals surface area (Å²) in [5, 5.41) is 9.54. The molecule has 5 aromatic rings. The quantitative estimate of drug-likeness (QED) is 0.361. The fourth-order valence-corrected chi connectivity index (χ4v) is 5.29. The van der Waals surface area contributed by atoms with Crippen LogP contribution in [-0.4, -0.2) is 31.6 Å². The van der Waals surface area contributed by atoms with E-state index >= 15 is 0 Å². The van der Waals surface area contributed by atoms with Gasteiger partial charge in [-0.05, 0) is 56.5 Å². The minimum Gasteiger partial charge on any atom is -0.355 e. The van der Waals surface area contributed by atoms with Gasteiger partial charge in [0.05, 0.1) is 23.4 Å². The van der Waals surface area contributed by atoms with E-state index in [9.17, 15) is 9.59 Å². The first kappa shape index (κ1) is 23.7. The summed E-state index contributed by atoms with van der Waals surface area (Å²) in [7, 11) is 0. The summed E-state index contributed by atoms with van der Waals surface area (Å²) in [6, 6.07) is 20.0. The third-order valence-corrected chi connectivity index (χ3v) is 7.01. The number of carbonyl (C=O) groups excluding carboxylic acids is 1. The van der Waals surface area contributed by atoms with Gasteiger partial charge in [0.2, 0.25) is 5.91 Å². The largest absolute Gasteiger partial charge is 0.355 e. The Balaban J connectivity index is 1.42. The van der Waals surface area contributed by atoms with Gasteiger partial charge >= 0.3 is 0 Å². The molecule has 0 saturated heterocycles. The third-order valence-electron chi connectivity index (χ3n) is 6.13. The van der Waals surface area contributed by atoms with Gasteiger partial charge < -0.3 is 5.32 Å². The number of amides is 1. The Kier molecular flexibility index (Phi) is 6.52. The van der Waals surface area contributed by atoms with Gasteiger partial charge in [-0.3, -0.25) is 14.0 Å². The van der Waals surface area contributed by atoms with E-state index in [2.05, 4.69) is 16.4 Å². The lowest BCUT2D eigenvalue weighted by atomic mass is 10.1. The number of rotatable bonds is 7. The SMILES string of the molecule is Cc1cccc(-n2nc(-c3c(C)nc4scc(CC(=O)NCCc5ccccc5)n4c3=O)cc2C)c1. The van der Waals surface area contributed by atoms with Crippen molar-refractivity contribution in [3.05, 3.63) is 105 Å².